The number of carbonyl (C=O) groups is 1. The van der Waals surface area contributed by atoms with E-state index >= 15 is 0 Å². The Morgan fingerprint density at radius 3 is 2.15 bits per heavy atom. The van der Waals surface area contributed by atoms with Crippen LogP contribution >= 0.6 is 0 Å². The Balaban J connectivity index is 1.39. The van der Waals surface area contributed by atoms with E-state index in [-0.39, 0.29) is 12.0 Å². The largest absolute Gasteiger partial charge is 0.370 e. The summed E-state index contributed by atoms with van der Waals surface area (Å²) >= 11 is 0. The van der Waals surface area contributed by atoms with Crippen LogP contribution in [0.3, 0.4) is 0 Å². The summed E-state index contributed by atoms with van der Waals surface area (Å²) in [6, 6.07) is 20.3. The number of benzene rings is 2. The molecule has 3 rings (SSSR count). The van der Waals surface area contributed by atoms with E-state index in [1.54, 1.807) is 4.90 Å². The zero-order chi connectivity index (χ0) is 18.9. The molecular formula is C21H27N5O. The van der Waals surface area contributed by atoms with E-state index in [1.807, 2.05) is 24.3 Å². The van der Waals surface area contributed by atoms with Crippen molar-refractivity contribution in [2.24, 2.45) is 10.7 Å². The molecule has 0 atom stereocenters. The van der Waals surface area contributed by atoms with Gasteiger partial charge in [0.2, 0.25) is 0 Å². The molecular weight excluding hydrogens is 338 g/mol. The van der Waals surface area contributed by atoms with Gasteiger partial charge in [0, 0.05) is 39.3 Å². The number of rotatable bonds is 5. The molecule has 0 aromatic heterocycles. The Kier molecular flexibility index (Phi) is 6.82. The summed E-state index contributed by atoms with van der Waals surface area (Å²) in [5.41, 5.74) is 8.36. The standard InChI is InChI=1S/C21H27N5O/c22-20(23-12-11-18-7-3-1-4-8-18)24-21(27)26-15-13-25(14-16-26)17-19-9-5-2-6-10-19/h1-10H,11-17H2,(H3,22,23,24,27). The van der Waals surface area contributed by atoms with Gasteiger partial charge in [-0.2, -0.15) is 0 Å². The number of guanidine groups is 1. The Morgan fingerprint density at radius 1 is 0.926 bits per heavy atom. The first-order valence-corrected chi connectivity index (χ1v) is 9.37. The number of aliphatic imine (C=N–C) groups is 1. The molecule has 0 spiro atoms. The lowest BCUT2D eigenvalue weighted by molar-refractivity contribution is 0.138. The highest BCUT2D eigenvalue weighted by Crippen LogP contribution is 2.08. The van der Waals surface area contributed by atoms with Crippen molar-refractivity contribution in [1.82, 2.24) is 15.1 Å². The number of piperazine rings is 1. The van der Waals surface area contributed by atoms with Crippen molar-refractivity contribution in [2.45, 2.75) is 13.0 Å². The van der Waals surface area contributed by atoms with Crippen molar-refractivity contribution in [3.8, 4) is 0 Å². The fourth-order valence-electron chi connectivity index (χ4n) is 3.13. The quantitative estimate of drug-likeness (QED) is 0.629. The molecule has 0 bridgehead atoms. The molecule has 1 saturated heterocycles. The van der Waals surface area contributed by atoms with Gasteiger partial charge in [0.15, 0.2) is 5.96 Å². The van der Waals surface area contributed by atoms with Gasteiger partial charge in [-0.15, -0.1) is 0 Å². The van der Waals surface area contributed by atoms with Gasteiger partial charge in [0.1, 0.15) is 0 Å². The maximum atomic E-state index is 12.3. The number of amides is 2. The molecule has 0 aliphatic carbocycles. The lowest BCUT2D eigenvalue weighted by atomic mass is 10.2. The number of urea groups is 1. The topological polar surface area (TPSA) is 74.0 Å². The highest BCUT2D eigenvalue weighted by Gasteiger charge is 2.21. The van der Waals surface area contributed by atoms with Gasteiger partial charge in [0.25, 0.3) is 0 Å². The number of hydrogen-bond acceptors (Lipinski definition) is 3. The van der Waals surface area contributed by atoms with Gasteiger partial charge in [-0.1, -0.05) is 60.7 Å². The first-order chi connectivity index (χ1) is 13.2. The summed E-state index contributed by atoms with van der Waals surface area (Å²) in [4.78, 5) is 20.7. The third-order valence-electron chi connectivity index (χ3n) is 4.67. The maximum Gasteiger partial charge on any atom is 0.324 e. The molecule has 1 aliphatic rings. The second-order valence-electron chi connectivity index (χ2n) is 6.68. The second kappa shape index (κ2) is 9.73. The van der Waals surface area contributed by atoms with Crippen LogP contribution in [0, 0.1) is 0 Å². The molecule has 2 aromatic rings. The van der Waals surface area contributed by atoms with Crippen LogP contribution < -0.4 is 11.1 Å². The van der Waals surface area contributed by atoms with Crippen LogP contribution in [-0.2, 0) is 13.0 Å². The van der Waals surface area contributed by atoms with Crippen molar-refractivity contribution in [3.05, 3.63) is 71.8 Å². The molecule has 1 heterocycles. The highest BCUT2D eigenvalue weighted by molar-refractivity contribution is 5.95. The van der Waals surface area contributed by atoms with E-state index in [9.17, 15) is 4.79 Å². The summed E-state index contributed by atoms with van der Waals surface area (Å²) in [7, 11) is 0. The van der Waals surface area contributed by atoms with Gasteiger partial charge < -0.3 is 10.6 Å². The average Bonchev–Trinajstić information content (AvgIpc) is 2.70. The first-order valence-electron chi connectivity index (χ1n) is 9.37. The van der Waals surface area contributed by atoms with Crippen molar-refractivity contribution < 1.29 is 4.79 Å². The van der Waals surface area contributed by atoms with E-state index in [1.165, 1.54) is 11.1 Å². The van der Waals surface area contributed by atoms with Gasteiger partial charge in [0.05, 0.1) is 0 Å². The third kappa shape index (κ3) is 6.11. The molecule has 0 unspecified atom stereocenters. The SMILES string of the molecule is NC(=NCCc1ccccc1)NC(=O)N1CCN(Cc2ccccc2)CC1. The predicted molar refractivity (Wildman–Crippen MR) is 108 cm³/mol. The molecule has 2 amide bonds. The fourth-order valence-corrected chi connectivity index (χ4v) is 3.13. The zero-order valence-electron chi connectivity index (χ0n) is 15.6. The van der Waals surface area contributed by atoms with Crippen LogP contribution in [0.4, 0.5) is 4.79 Å². The van der Waals surface area contributed by atoms with E-state index < -0.39 is 0 Å². The molecule has 2 aromatic carbocycles. The Labute approximate surface area is 160 Å². The van der Waals surface area contributed by atoms with Crippen LogP contribution in [0.5, 0.6) is 0 Å². The van der Waals surface area contributed by atoms with E-state index in [0.29, 0.717) is 19.6 Å². The highest BCUT2D eigenvalue weighted by atomic mass is 16.2. The molecule has 0 radical (unpaired) electrons. The van der Waals surface area contributed by atoms with Crippen LogP contribution in [-0.4, -0.2) is 54.5 Å². The maximum absolute atomic E-state index is 12.3. The molecule has 0 saturated carbocycles. The van der Waals surface area contributed by atoms with Crippen LogP contribution in [0.15, 0.2) is 65.7 Å². The summed E-state index contributed by atoms with van der Waals surface area (Å²) < 4.78 is 0. The van der Waals surface area contributed by atoms with E-state index in [2.05, 4.69) is 51.6 Å². The van der Waals surface area contributed by atoms with Gasteiger partial charge in [-0.25, -0.2) is 4.79 Å². The third-order valence-corrected chi connectivity index (χ3v) is 4.67. The van der Waals surface area contributed by atoms with Crippen LogP contribution in [0.25, 0.3) is 0 Å². The summed E-state index contributed by atoms with van der Waals surface area (Å²) in [6.07, 6.45) is 0.801. The van der Waals surface area contributed by atoms with Crippen molar-refractivity contribution in [2.75, 3.05) is 32.7 Å². The molecule has 3 N–H and O–H groups in total. The number of carbonyl (C=O) groups excluding carboxylic acids is 1. The van der Waals surface area contributed by atoms with Crippen molar-refractivity contribution in [3.63, 3.8) is 0 Å². The molecule has 27 heavy (non-hydrogen) atoms. The summed E-state index contributed by atoms with van der Waals surface area (Å²) in [6.45, 7) is 4.56. The number of hydrogen-bond donors (Lipinski definition) is 2. The number of nitrogens with two attached hydrogens (primary N) is 1. The van der Waals surface area contributed by atoms with Gasteiger partial charge in [-0.3, -0.25) is 15.2 Å². The minimum absolute atomic E-state index is 0.171. The first kappa shape index (κ1) is 18.9. The van der Waals surface area contributed by atoms with E-state index in [0.717, 1.165) is 26.1 Å². The fraction of sp³-hybridized carbons (Fsp3) is 0.333. The van der Waals surface area contributed by atoms with Crippen molar-refractivity contribution in [1.29, 1.82) is 0 Å². The van der Waals surface area contributed by atoms with E-state index in [4.69, 9.17) is 5.73 Å². The molecule has 142 valence electrons. The van der Waals surface area contributed by atoms with Gasteiger partial charge in [-0.05, 0) is 17.5 Å². The Morgan fingerprint density at radius 2 is 1.52 bits per heavy atom. The monoisotopic (exact) mass is 365 g/mol. The lowest BCUT2D eigenvalue weighted by Crippen LogP contribution is -2.53. The second-order valence-corrected chi connectivity index (χ2v) is 6.68. The normalized spacial score (nSPS) is 15.6. The summed E-state index contributed by atoms with van der Waals surface area (Å²) in [5.74, 6) is 0.183. The Hall–Kier alpha value is -2.86. The average molecular weight is 365 g/mol. The smallest absolute Gasteiger partial charge is 0.324 e. The number of nitrogens with zero attached hydrogens (tertiary/aromatic N) is 3. The van der Waals surface area contributed by atoms with Crippen molar-refractivity contribution >= 4 is 12.0 Å². The molecule has 1 aliphatic heterocycles. The van der Waals surface area contributed by atoms with Gasteiger partial charge >= 0.3 is 6.03 Å². The Bertz CT molecular complexity index is 740. The minimum atomic E-state index is -0.171. The minimum Gasteiger partial charge on any atom is -0.370 e. The zero-order valence-corrected chi connectivity index (χ0v) is 15.6. The molecule has 6 nitrogen and oxygen atoms in total. The van der Waals surface area contributed by atoms with Crippen LogP contribution in [0.2, 0.25) is 0 Å². The predicted octanol–water partition coefficient (Wildman–Crippen LogP) is 2.07. The number of nitrogens with one attached hydrogen (secondary N) is 1. The molecule has 1 fully saturated rings. The summed E-state index contributed by atoms with van der Waals surface area (Å²) in [5, 5.41) is 2.70. The lowest BCUT2D eigenvalue weighted by Gasteiger charge is -2.34. The van der Waals surface area contributed by atoms with Crippen LogP contribution in [0.1, 0.15) is 11.1 Å². The molecule has 6 heteroatoms.